The summed E-state index contributed by atoms with van der Waals surface area (Å²) >= 11 is 0. The summed E-state index contributed by atoms with van der Waals surface area (Å²) in [7, 11) is 0. The second-order valence-electron chi connectivity index (χ2n) is 5.44. The van der Waals surface area contributed by atoms with Crippen molar-refractivity contribution >= 4 is 16.8 Å². The molecule has 3 aromatic rings. The molecule has 2 heteroatoms. The van der Waals surface area contributed by atoms with E-state index in [-0.39, 0.29) is 0 Å². The molecular weight excluding hydrogens is 256 g/mol. The van der Waals surface area contributed by atoms with E-state index in [2.05, 4.69) is 66.8 Å². The van der Waals surface area contributed by atoms with E-state index < -0.39 is 0 Å². The molecule has 2 nitrogen and oxygen atoms in total. The van der Waals surface area contributed by atoms with E-state index in [1.54, 1.807) is 6.33 Å². The molecule has 0 unspecified atom stereocenters. The Bertz CT molecular complexity index is 783. The molecule has 21 heavy (non-hydrogen) atoms. The number of fused-ring (bicyclic) bond motifs is 1. The number of aryl methyl sites for hydroxylation is 1. The second kappa shape index (κ2) is 5.57. The predicted octanol–water partition coefficient (Wildman–Crippen LogP) is 5.06. The zero-order valence-electron chi connectivity index (χ0n) is 12.6. The van der Waals surface area contributed by atoms with E-state index in [9.17, 15) is 0 Å². The Balaban J connectivity index is 2.10. The van der Waals surface area contributed by atoms with Gasteiger partial charge in [-0.2, -0.15) is 0 Å². The number of aromatic amines is 1. The summed E-state index contributed by atoms with van der Waals surface area (Å²) < 4.78 is 0. The average Bonchev–Trinajstić information content (AvgIpc) is 2.93. The first-order valence-electron chi connectivity index (χ1n) is 7.39. The Labute approximate surface area is 125 Å². The highest BCUT2D eigenvalue weighted by Gasteiger charge is 2.16. The van der Waals surface area contributed by atoms with E-state index in [0.717, 1.165) is 23.4 Å². The zero-order valence-corrected chi connectivity index (χ0v) is 12.6. The zero-order chi connectivity index (χ0) is 14.8. The van der Waals surface area contributed by atoms with Crippen molar-refractivity contribution in [3.05, 3.63) is 71.8 Å². The summed E-state index contributed by atoms with van der Waals surface area (Å²) in [5, 5.41) is 2.52. The topological polar surface area (TPSA) is 28.7 Å². The standard InChI is InChI=1S/C19H20N2/c1-4-14-6-7-15-8-9-16(11-17(15)10-14)18(5-2)19-13(3)20-12-21-19/h4,6-12,18H,1,5H2,2-3H3,(H,20,21)/t18-/m0/s1. The molecule has 0 amide bonds. The van der Waals surface area contributed by atoms with Gasteiger partial charge in [0, 0.05) is 11.6 Å². The van der Waals surface area contributed by atoms with Crippen molar-refractivity contribution in [2.75, 3.05) is 0 Å². The number of nitrogens with one attached hydrogen (secondary N) is 1. The number of hydrogen-bond acceptors (Lipinski definition) is 1. The number of benzene rings is 2. The first kappa shape index (κ1) is 13.6. The SMILES string of the molecule is C=Cc1ccc2ccc([C@H](CC)c3nc[nH]c3C)cc2c1. The van der Waals surface area contributed by atoms with Crippen LogP contribution < -0.4 is 0 Å². The van der Waals surface area contributed by atoms with Crippen molar-refractivity contribution in [3.8, 4) is 0 Å². The lowest BCUT2D eigenvalue weighted by Crippen LogP contribution is -2.02. The van der Waals surface area contributed by atoms with E-state index in [0.29, 0.717) is 5.92 Å². The summed E-state index contributed by atoms with van der Waals surface area (Å²) in [4.78, 5) is 7.69. The van der Waals surface area contributed by atoms with Gasteiger partial charge in [0.1, 0.15) is 0 Å². The van der Waals surface area contributed by atoms with E-state index >= 15 is 0 Å². The smallest absolute Gasteiger partial charge is 0.0925 e. The molecule has 0 aliphatic rings. The maximum absolute atomic E-state index is 4.51. The van der Waals surface area contributed by atoms with Crippen LogP contribution in [0.25, 0.3) is 16.8 Å². The van der Waals surface area contributed by atoms with Gasteiger partial charge in [-0.25, -0.2) is 4.98 Å². The van der Waals surface area contributed by atoms with E-state index in [4.69, 9.17) is 0 Å². The molecule has 0 bridgehead atoms. The van der Waals surface area contributed by atoms with Gasteiger partial charge in [-0.3, -0.25) is 0 Å². The molecular formula is C19H20N2. The molecule has 1 N–H and O–H groups in total. The number of rotatable bonds is 4. The molecule has 1 heterocycles. The predicted molar refractivity (Wildman–Crippen MR) is 89.5 cm³/mol. The van der Waals surface area contributed by atoms with Gasteiger partial charge >= 0.3 is 0 Å². The minimum atomic E-state index is 0.341. The fourth-order valence-electron chi connectivity index (χ4n) is 2.94. The van der Waals surface area contributed by atoms with Crippen LogP contribution in [0, 0.1) is 6.92 Å². The molecule has 106 valence electrons. The van der Waals surface area contributed by atoms with Crippen molar-refractivity contribution in [2.45, 2.75) is 26.2 Å². The van der Waals surface area contributed by atoms with Gasteiger partial charge in [0.25, 0.3) is 0 Å². The Morgan fingerprint density at radius 1 is 1.19 bits per heavy atom. The lowest BCUT2D eigenvalue weighted by atomic mass is 9.90. The van der Waals surface area contributed by atoms with Crippen LogP contribution in [0.3, 0.4) is 0 Å². The molecule has 0 saturated carbocycles. The minimum absolute atomic E-state index is 0.341. The number of aromatic nitrogens is 2. The highest BCUT2D eigenvalue weighted by atomic mass is 14.9. The lowest BCUT2D eigenvalue weighted by molar-refractivity contribution is 0.749. The van der Waals surface area contributed by atoms with Crippen LogP contribution in [0.2, 0.25) is 0 Å². The van der Waals surface area contributed by atoms with Crippen LogP contribution in [-0.2, 0) is 0 Å². The van der Waals surface area contributed by atoms with Crippen molar-refractivity contribution in [1.29, 1.82) is 0 Å². The Morgan fingerprint density at radius 3 is 2.67 bits per heavy atom. The Kier molecular flexibility index (Phi) is 3.61. The summed E-state index contributed by atoms with van der Waals surface area (Å²) in [6.07, 6.45) is 4.71. The minimum Gasteiger partial charge on any atom is -0.348 e. The van der Waals surface area contributed by atoms with Crippen molar-refractivity contribution in [3.63, 3.8) is 0 Å². The normalized spacial score (nSPS) is 12.5. The van der Waals surface area contributed by atoms with Crippen LogP contribution >= 0.6 is 0 Å². The molecule has 0 fully saturated rings. The highest BCUT2D eigenvalue weighted by molar-refractivity contribution is 5.85. The fourth-order valence-corrected chi connectivity index (χ4v) is 2.94. The van der Waals surface area contributed by atoms with Crippen LogP contribution in [0.5, 0.6) is 0 Å². The van der Waals surface area contributed by atoms with Crippen molar-refractivity contribution in [1.82, 2.24) is 9.97 Å². The van der Waals surface area contributed by atoms with Gasteiger partial charge in [0.05, 0.1) is 12.0 Å². The second-order valence-corrected chi connectivity index (χ2v) is 5.44. The fraction of sp³-hybridized carbons (Fsp3) is 0.211. The first-order chi connectivity index (χ1) is 10.2. The molecule has 0 radical (unpaired) electrons. The van der Waals surface area contributed by atoms with Crippen LogP contribution in [-0.4, -0.2) is 9.97 Å². The summed E-state index contributed by atoms with van der Waals surface area (Å²) in [5.41, 5.74) is 4.78. The largest absolute Gasteiger partial charge is 0.348 e. The Morgan fingerprint density at radius 2 is 2.00 bits per heavy atom. The van der Waals surface area contributed by atoms with Crippen molar-refractivity contribution < 1.29 is 0 Å². The molecule has 0 spiro atoms. The quantitative estimate of drug-likeness (QED) is 0.709. The summed E-state index contributed by atoms with van der Waals surface area (Å²) in [5.74, 6) is 0.341. The molecule has 1 atom stereocenters. The van der Waals surface area contributed by atoms with Gasteiger partial charge < -0.3 is 4.98 Å². The maximum atomic E-state index is 4.51. The molecule has 0 saturated heterocycles. The average molecular weight is 276 g/mol. The van der Waals surface area contributed by atoms with E-state index in [1.165, 1.54) is 16.3 Å². The van der Waals surface area contributed by atoms with E-state index in [1.807, 2.05) is 6.08 Å². The van der Waals surface area contributed by atoms with Crippen LogP contribution in [0.15, 0.2) is 49.3 Å². The summed E-state index contributed by atoms with van der Waals surface area (Å²) in [6, 6.07) is 13.1. The summed E-state index contributed by atoms with van der Waals surface area (Å²) in [6.45, 7) is 8.15. The number of H-pyrrole nitrogens is 1. The van der Waals surface area contributed by atoms with Crippen LogP contribution in [0.4, 0.5) is 0 Å². The van der Waals surface area contributed by atoms with Crippen molar-refractivity contribution in [2.24, 2.45) is 0 Å². The third-order valence-electron chi connectivity index (χ3n) is 4.13. The highest BCUT2D eigenvalue weighted by Crippen LogP contribution is 2.30. The number of hydrogen-bond donors (Lipinski definition) is 1. The molecule has 0 aliphatic carbocycles. The van der Waals surface area contributed by atoms with Gasteiger partial charge in [-0.1, -0.05) is 49.9 Å². The molecule has 3 rings (SSSR count). The molecule has 1 aromatic heterocycles. The van der Waals surface area contributed by atoms with Gasteiger partial charge in [-0.05, 0) is 41.3 Å². The Hall–Kier alpha value is -2.35. The molecule has 2 aromatic carbocycles. The third-order valence-corrected chi connectivity index (χ3v) is 4.13. The number of imidazole rings is 1. The monoisotopic (exact) mass is 276 g/mol. The first-order valence-corrected chi connectivity index (χ1v) is 7.39. The van der Waals surface area contributed by atoms with Gasteiger partial charge in [-0.15, -0.1) is 0 Å². The molecule has 0 aliphatic heterocycles. The van der Waals surface area contributed by atoms with Gasteiger partial charge in [0.15, 0.2) is 0 Å². The van der Waals surface area contributed by atoms with Gasteiger partial charge in [0.2, 0.25) is 0 Å². The van der Waals surface area contributed by atoms with Crippen LogP contribution in [0.1, 0.15) is 41.8 Å². The lowest BCUT2D eigenvalue weighted by Gasteiger charge is -2.15. The third kappa shape index (κ3) is 2.49. The number of nitrogens with zero attached hydrogens (tertiary/aromatic N) is 1. The maximum Gasteiger partial charge on any atom is 0.0925 e.